The van der Waals surface area contributed by atoms with E-state index in [1.165, 1.54) is 0 Å². The van der Waals surface area contributed by atoms with Crippen molar-refractivity contribution in [1.29, 1.82) is 0 Å². The summed E-state index contributed by atoms with van der Waals surface area (Å²) in [6.07, 6.45) is 1.59. The van der Waals surface area contributed by atoms with Gasteiger partial charge in [0.2, 0.25) is 0 Å². The molecule has 116 valence electrons. The van der Waals surface area contributed by atoms with Crippen molar-refractivity contribution in [1.82, 2.24) is 0 Å². The Kier molecular flexibility index (Phi) is 11.6. The molecule has 0 aromatic rings. The standard InChI is InChI=1S/C15H32O4/c1-7-8-16-9-13(4)17-10-14(5)18-11-15(6)19-12(2)3/h12-15H,7-11H2,1-6H3. The zero-order valence-corrected chi connectivity index (χ0v) is 13.5. The van der Waals surface area contributed by atoms with Crippen molar-refractivity contribution >= 4 is 0 Å². The van der Waals surface area contributed by atoms with Crippen molar-refractivity contribution in [2.45, 2.75) is 72.4 Å². The van der Waals surface area contributed by atoms with Crippen LogP contribution in [0, 0.1) is 0 Å². The van der Waals surface area contributed by atoms with E-state index in [2.05, 4.69) is 6.92 Å². The summed E-state index contributed by atoms with van der Waals surface area (Å²) in [5.41, 5.74) is 0. The molecular weight excluding hydrogens is 244 g/mol. The first-order valence-electron chi connectivity index (χ1n) is 7.42. The number of hydrogen-bond acceptors (Lipinski definition) is 4. The molecule has 0 radical (unpaired) electrons. The molecule has 4 nitrogen and oxygen atoms in total. The molecule has 0 aliphatic carbocycles. The van der Waals surface area contributed by atoms with Crippen molar-refractivity contribution in [3.63, 3.8) is 0 Å². The molecule has 0 saturated carbocycles. The molecule has 0 N–H and O–H groups in total. The van der Waals surface area contributed by atoms with Crippen LogP contribution < -0.4 is 0 Å². The molecule has 0 aromatic carbocycles. The van der Waals surface area contributed by atoms with Crippen LogP contribution in [0.25, 0.3) is 0 Å². The van der Waals surface area contributed by atoms with Gasteiger partial charge in [0.15, 0.2) is 0 Å². The molecule has 0 heterocycles. The van der Waals surface area contributed by atoms with E-state index in [0.29, 0.717) is 19.8 Å². The summed E-state index contributed by atoms with van der Waals surface area (Å²) >= 11 is 0. The maximum Gasteiger partial charge on any atom is 0.0784 e. The summed E-state index contributed by atoms with van der Waals surface area (Å²) in [7, 11) is 0. The van der Waals surface area contributed by atoms with Gasteiger partial charge in [0.1, 0.15) is 0 Å². The van der Waals surface area contributed by atoms with E-state index in [0.717, 1.165) is 13.0 Å². The van der Waals surface area contributed by atoms with E-state index in [1.807, 2.05) is 34.6 Å². The lowest BCUT2D eigenvalue weighted by atomic mass is 10.3. The van der Waals surface area contributed by atoms with Crippen molar-refractivity contribution in [2.75, 3.05) is 26.4 Å². The van der Waals surface area contributed by atoms with Crippen LogP contribution in [-0.4, -0.2) is 50.8 Å². The Hall–Kier alpha value is -0.160. The summed E-state index contributed by atoms with van der Waals surface area (Å²) < 4.78 is 22.4. The normalized spacial score (nSPS) is 16.6. The Morgan fingerprint density at radius 1 is 0.737 bits per heavy atom. The van der Waals surface area contributed by atoms with E-state index in [-0.39, 0.29) is 24.4 Å². The molecule has 0 saturated heterocycles. The first kappa shape index (κ1) is 18.8. The Balaban J connectivity index is 3.55. The van der Waals surface area contributed by atoms with Gasteiger partial charge in [0, 0.05) is 6.61 Å². The molecule has 0 aliphatic heterocycles. The van der Waals surface area contributed by atoms with Crippen molar-refractivity contribution in [3.8, 4) is 0 Å². The summed E-state index contributed by atoms with van der Waals surface area (Å²) in [6, 6.07) is 0. The van der Waals surface area contributed by atoms with Gasteiger partial charge in [-0.1, -0.05) is 6.92 Å². The molecule has 4 heteroatoms. The van der Waals surface area contributed by atoms with Gasteiger partial charge in [-0.15, -0.1) is 0 Å². The minimum Gasteiger partial charge on any atom is -0.379 e. The average molecular weight is 276 g/mol. The third kappa shape index (κ3) is 12.6. The Morgan fingerprint density at radius 3 is 1.79 bits per heavy atom. The van der Waals surface area contributed by atoms with Crippen LogP contribution in [-0.2, 0) is 18.9 Å². The summed E-state index contributed by atoms with van der Waals surface area (Å²) in [5.74, 6) is 0. The largest absolute Gasteiger partial charge is 0.379 e. The molecule has 0 fully saturated rings. The van der Waals surface area contributed by atoms with Crippen LogP contribution >= 0.6 is 0 Å². The lowest BCUT2D eigenvalue weighted by molar-refractivity contribution is -0.0880. The highest BCUT2D eigenvalue weighted by Crippen LogP contribution is 2.02. The van der Waals surface area contributed by atoms with Gasteiger partial charge in [0.25, 0.3) is 0 Å². The molecule has 3 unspecified atom stereocenters. The lowest BCUT2D eigenvalue weighted by Crippen LogP contribution is -2.27. The van der Waals surface area contributed by atoms with Gasteiger partial charge in [-0.2, -0.15) is 0 Å². The van der Waals surface area contributed by atoms with Crippen LogP contribution in [0.15, 0.2) is 0 Å². The third-order valence-corrected chi connectivity index (χ3v) is 2.44. The first-order valence-corrected chi connectivity index (χ1v) is 7.42. The van der Waals surface area contributed by atoms with Crippen LogP contribution in [0.2, 0.25) is 0 Å². The van der Waals surface area contributed by atoms with Gasteiger partial charge in [-0.25, -0.2) is 0 Å². The summed E-state index contributed by atoms with van der Waals surface area (Å²) in [5, 5.41) is 0. The second-order valence-electron chi connectivity index (χ2n) is 5.36. The fourth-order valence-corrected chi connectivity index (χ4v) is 1.59. The topological polar surface area (TPSA) is 36.9 Å². The molecule has 0 rings (SSSR count). The predicted molar refractivity (Wildman–Crippen MR) is 77.6 cm³/mol. The lowest BCUT2D eigenvalue weighted by Gasteiger charge is -2.21. The van der Waals surface area contributed by atoms with Gasteiger partial charge in [-0.05, 0) is 41.0 Å². The Labute approximate surface area is 118 Å². The Bertz CT molecular complexity index is 197. The maximum absolute atomic E-state index is 5.69. The van der Waals surface area contributed by atoms with E-state index in [9.17, 15) is 0 Å². The zero-order valence-electron chi connectivity index (χ0n) is 13.5. The number of rotatable bonds is 12. The molecule has 19 heavy (non-hydrogen) atoms. The SMILES string of the molecule is CCCOCC(C)OCC(C)OCC(C)OC(C)C. The van der Waals surface area contributed by atoms with E-state index in [4.69, 9.17) is 18.9 Å². The van der Waals surface area contributed by atoms with Gasteiger partial charge >= 0.3 is 0 Å². The molecular formula is C15H32O4. The minimum atomic E-state index is 0.0758. The highest BCUT2D eigenvalue weighted by Gasteiger charge is 2.10. The second kappa shape index (κ2) is 11.6. The molecule has 0 aromatic heterocycles. The summed E-state index contributed by atoms with van der Waals surface area (Å²) in [6.45, 7) is 14.8. The molecule has 0 bridgehead atoms. The zero-order chi connectivity index (χ0) is 14.7. The highest BCUT2D eigenvalue weighted by molar-refractivity contribution is 4.56. The molecule has 0 aliphatic rings. The van der Waals surface area contributed by atoms with Crippen LogP contribution in [0.5, 0.6) is 0 Å². The molecule has 3 atom stereocenters. The van der Waals surface area contributed by atoms with Crippen LogP contribution in [0.4, 0.5) is 0 Å². The highest BCUT2D eigenvalue weighted by atomic mass is 16.6. The predicted octanol–water partition coefficient (Wildman–Crippen LogP) is 3.04. The smallest absolute Gasteiger partial charge is 0.0784 e. The van der Waals surface area contributed by atoms with Crippen LogP contribution in [0.1, 0.15) is 48.0 Å². The van der Waals surface area contributed by atoms with E-state index < -0.39 is 0 Å². The second-order valence-corrected chi connectivity index (χ2v) is 5.36. The summed E-state index contributed by atoms with van der Waals surface area (Å²) in [4.78, 5) is 0. The fraction of sp³-hybridized carbons (Fsp3) is 1.00. The van der Waals surface area contributed by atoms with E-state index in [1.54, 1.807) is 0 Å². The van der Waals surface area contributed by atoms with Gasteiger partial charge in [0.05, 0.1) is 44.2 Å². The van der Waals surface area contributed by atoms with Crippen molar-refractivity contribution in [3.05, 3.63) is 0 Å². The van der Waals surface area contributed by atoms with Gasteiger partial charge in [-0.3, -0.25) is 0 Å². The average Bonchev–Trinajstić information content (AvgIpc) is 2.33. The maximum atomic E-state index is 5.69. The van der Waals surface area contributed by atoms with Crippen molar-refractivity contribution < 1.29 is 18.9 Å². The molecule has 0 amide bonds. The first-order chi connectivity index (χ1) is 8.95. The number of hydrogen-bond donors (Lipinski definition) is 0. The monoisotopic (exact) mass is 276 g/mol. The fourth-order valence-electron chi connectivity index (χ4n) is 1.59. The van der Waals surface area contributed by atoms with Crippen LogP contribution in [0.3, 0.4) is 0 Å². The van der Waals surface area contributed by atoms with E-state index >= 15 is 0 Å². The third-order valence-electron chi connectivity index (χ3n) is 2.44. The molecule has 0 spiro atoms. The Morgan fingerprint density at radius 2 is 1.26 bits per heavy atom. The van der Waals surface area contributed by atoms with Gasteiger partial charge < -0.3 is 18.9 Å². The van der Waals surface area contributed by atoms with Crippen molar-refractivity contribution in [2.24, 2.45) is 0 Å². The minimum absolute atomic E-state index is 0.0758. The number of ether oxygens (including phenoxy) is 4. The quantitative estimate of drug-likeness (QED) is 0.513.